The lowest BCUT2D eigenvalue weighted by atomic mass is 10.0. The number of carbonyl (C=O) groups excluding carboxylic acids is 2. The second kappa shape index (κ2) is 6.07. The molecular formula is C19H19N3O2. The molecule has 2 fully saturated rings. The zero-order valence-corrected chi connectivity index (χ0v) is 13.3. The van der Waals surface area contributed by atoms with Gasteiger partial charge in [0.15, 0.2) is 0 Å². The smallest absolute Gasteiger partial charge is 0.254 e. The maximum Gasteiger partial charge on any atom is 0.254 e. The highest BCUT2D eigenvalue weighted by Crippen LogP contribution is 2.39. The molecule has 0 radical (unpaired) electrons. The normalized spacial score (nSPS) is 20.6. The number of pyridine rings is 1. The van der Waals surface area contributed by atoms with Gasteiger partial charge in [-0.1, -0.05) is 30.3 Å². The Kier molecular flexibility index (Phi) is 3.76. The summed E-state index contributed by atoms with van der Waals surface area (Å²) in [6, 6.07) is 12.5. The Labute approximate surface area is 140 Å². The van der Waals surface area contributed by atoms with Crippen LogP contribution in [0.2, 0.25) is 0 Å². The highest BCUT2D eigenvalue weighted by atomic mass is 16.2. The SMILES string of the molecule is O=C1NCCN(C(=O)c2ccnc(C3CC3)c2)C1c1ccccc1. The first-order chi connectivity index (χ1) is 11.7. The zero-order chi connectivity index (χ0) is 16.5. The van der Waals surface area contributed by atoms with Crippen molar-refractivity contribution in [2.45, 2.75) is 24.8 Å². The molecule has 0 bridgehead atoms. The van der Waals surface area contributed by atoms with Gasteiger partial charge in [0.1, 0.15) is 6.04 Å². The topological polar surface area (TPSA) is 62.3 Å². The summed E-state index contributed by atoms with van der Waals surface area (Å²) in [5, 5.41) is 2.86. The predicted molar refractivity (Wildman–Crippen MR) is 89.4 cm³/mol. The van der Waals surface area contributed by atoms with E-state index in [1.165, 1.54) is 0 Å². The third-order valence-electron chi connectivity index (χ3n) is 4.61. The summed E-state index contributed by atoms with van der Waals surface area (Å²) in [5.41, 5.74) is 2.43. The van der Waals surface area contributed by atoms with Crippen LogP contribution in [0.3, 0.4) is 0 Å². The Hall–Kier alpha value is -2.69. The maximum absolute atomic E-state index is 13.0. The van der Waals surface area contributed by atoms with Gasteiger partial charge >= 0.3 is 0 Å². The number of nitrogens with zero attached hydrogens (tertiary/aromatic N) is 2. The van der Waals surface area contributed by atoms with Gasteiger partial charge in [-0.05, 0) is 30.5 Å². The molecule has 5 heteroatoms. The number of hydrogen-bond acceptors (Lipinski definition) is 3. The van der Waals surface area contributed by atoms with Crippen molar-refractivity contribution in [3.8, 4) is 0 Å². The summed E-state index contributed by atoms with van der Waals surface area (Å²) in [6.07, 6.45) is 3.98. The zero-order valence-electron chi connectivity index (χ0n) is 13.3. The van der Waals surface area contributed by atoms with Gasteiger partial charge in [0.25, 0.3) is 5.91 Å². The first-order valence-electron chi connectivity index (χ1n) is 8.33. The van der Waals surface area contributed by atoms with Gasteiger partial charge in [0.2, 0.25) is 5.91 Å². The molecule has 1 aliphatic carbocycles. The summed E-state index contributed by atoms with van der Waals surface area (Å²) in [6.45, 7) is 0.986. The van der Waals surface area contributed by atoms with E-state index < -0.39 is 6.04 Å². The maximum atomic E-state index is 13.0. The van der Waals surface area contributed by atoms with E-state index in [2.05, 4.69) is 10.3 Å². The number of amides is 2. The van der Waals surface area contributed by atoms with Gasteiger partial charge < -0.3 is 10.2 Å². The van der Waals surface area contributed by atoms with Gasteiger partial charge in [-0.15, -0.1) is 0 Å². The summed E-state index contributed by atoms with van der Waals surface area (Å²) in [7, 11) is 0. The molecule has 4 rings (SSSR count). The van der Waals surface area contributed by atoms with E-state index in [1.807, 2.05) is 36.4 Å². The Morgan fingerprint density at radius 2 is 1.96 bits per heavy atom. The first kappa shape index (κ1) is 14.9. The fraction of sp³-hybridized carbons (Fsp3) is 0.316. The van der Waals surface area contributed by atoms with E-state index in [-0.39, 0.29) is 11.8 Å². The molecule has 122 valence electrons. The minimum absolute atomic E-state index is 0.108. The lowest BCUT2D eigenvalue weighted by Gasteiger charge is -2.35. The number of benzene rings is 1. The van der Waals surface area contributed by atoms with Crippen LogP contribution in [0, 0.1) is 0 Å². The molecular weight excluding hydrogens is 302 g/mol. The molecule has 2 amide bonds. The van der Waals surface area contributed by atoms with Gasteiger partial charge in [-0.25, -0.2) is 0 Å². The van der Waals surface area contributed by atoms with E-state index in [0.29, 0.717) is 24.6 Å². The van der Waals surface area contributed by atoms with E-state index in [9.17, 15) is 9.59 Å². The Balaban J connectivity index is 1.66. The van der Waals surface area contributed by atoms with E-state index in [1.54, 1.807) is 17.2 Å². The van der Waals surface area contributed by atoms with Gasteiger partial charge in [0, 0.05) is 36.5 Å². The number of piperazine rings is 1. The van der Waals surface area contributed by atoms with Crippen LogP contribution in [0.1, 0.15) is 46.4 Å². The van der Waals surface area contributed by atoms with Crippen LogP contribution in [0.5, 0.6) is 0 Å². The van der Waals surface area contributed by atoms with Crippen LogP contribution in [-0.2, 0) is 4.79 Å². The predicted octanol–water partition coefficient (Wildman–Crippen LogP) is 2.27. The molecule has 1 N–H and O–H groups in total. The average molecular weight is 321 g/mol. The van der Waals surface area contributed by atoms with Crippen LogP contribution >= 0.6 is 0 Å². The van der Waals surface area contributed by atoms with Crippen molar-refractivity contribution in [1.29, 1.82) is 0 Å². The molecule has 2 aromatic rings. The highest BCUT2D eigenvalue weighted by molar-refractivity contribution is 5.98. The molecule has 1 aliphatic heterocycles. The van der Waals surface area contributed by atoms with Crippen molar-refractivity contribution in [3.63, 3.8) is 0 Å². The molecule has 2 heterocycles. The molecule has 1 unspecified atom stereocenters. The van der Waals surface area contributed by atoms with E-state index in [4.69, 9.17) is 0 Å². The molecule has 1 aromatic carbocycles. The third-order valence-corrected chi connectivity index (χ3v) is 4.61. The standard InChI is InChI=1S/C19H19N3O2/c23-18-17(14-4-2-1-3-5-14)22(11-10-21-18)19(24)15-8-9-20-16(12-15)13-6-7-13/h1-5,8-9,12-13,17H,6-7,10-11H2,(H,21,23). The monoisotopic (exact) mass is 321 g/mol. The molecule has 5 nitrogen and oxygen atoms in total. The second-order valence-electron chi connectivity index (χ2n) is 6.35. The Bertz CT molecular complexity index is 771. The lowest BCUT2D eigenvalue weighted by molar-refractivity contribution is -0.128. The molecule has 24 heavy (non-hydrogen) atoms. The molecule has 2 aliphatic rings. The summed E-state index contributed by atoms with van der Waals surface area (Å²) >= 11 is 0. The number of hydrogen-bond donors (Lipinski definition) is 1. The minimum atomic E-state index is -0.579. The summed E-state index contributed by atoms with van der Waals surface area (Å²) in [4.78, 5) is 31.5. The molecule has 1 atom stereocenters. The van der Waals surface area contributed by atoms with Crippen LogP contribution in [-0.4, -0.2) is 34.8 Å². The van der Waals surface area contributed by atoms with Crippen molar-refractivity contribution in [2.24, 2.45) is 0 Å². The van der Waals surface area contributed by atoms with Gasteiger partial charge in [-0.2, -0.15) is 0 Å². The fourth-order valence-electron chi connectivity index (χ4n) is 3.20. The first-order valence-corrected chi connectivity index (χ1v) is 8.33. The highest BCUT2D eigenvalue weighted by Gasteiger charge is 2.35. The Morgan fingerprint density at radius 3 is 2.71 bits per heavy atom. The quantitative estimate of drug-likeness (QED) is 0.943. The number of aromatic nitrogens is 1. The van der Waals surface area contributed by atoms with Crippen LogP contribution in [0.25, 0.3) is 0 Å². The molecule has 1 saturated carbocycles. The lowest BCUT2D eigenvalue weighted by Crippen LogP contribution is -2.52. The molecule has 1 saturated heterocycles. The molecule has 1 aromatic heterocycles. The van der Waals surface area contributed by atoms with Crippen LogP contribution in [0.4, 0.5) is 0 Å². The van der Waals surface area contributed by atoms with Gasteiger partial charge in [0.05, 0.1) is 0 Å². The van der Waals surface area contributed by atoms with Crippen molar-refractivity contribution in [2.75, 3.05) is 13.1 Å². The minimum Gasteiger partial charge on any atom is -0.352 e. The van der Waals surface area contributed by atoms with Crippen LogP contribution < -0.4 is 5.32 Å². The second-order valence-corrected chi connectivity index (χ2v) is 6.35. The van der Waals surface area contributed by atoms with Crippen molar-refractivity contribution < 1.29 is 9.59 Å². The van der Waals surface area contributed by atoms with E-state index >= 15 is 0 Å². The summed E-state index contributed by atoms with van der Waals surface area (Å²) in [5.74, 6) is 0.257. The third kappa shape index (κ3) is 2.77. The number of rotatable bonds is 3. The van der Waals surface area contributed by atoms with Gasteiger partial charge in [-0.3, -0.25) is 14.6 Å². The number of nitrogens with one attached hydrogen (secondary N) is 1. The number of carbonyl (C=O) groups is 2. The van der Waals surface area contributed by atoms with Crippen LogP contribution in [0.15, 0.2) is 48.7 Å². The Morgan fingerprint density at radius 1 is 1.17 bits per heavy atom. The largest absolute Gasteiger partial charge is 0.352 e. The van der Waals surface area contributed by atoms with Crippen molar-refractivity contribution in [1.82, 2.24) is 15.2 Å². The average Bonchev–Trinajstić information content (AvgIpc) is 3.47. The van der Waals surface area contributed by atoms with E-state index in [0.717, 1.165) is 24.1 Å². The fourth-order valence-corrected chi connectivity index (χ4v) is 3.20. The van der Waals surface area contributed by atoms with Crippen molar-refractivity contribution in [3.05, 3.63) is 65.5 Å². The summed E-state index contributed by atoms with van der Waals surface area (Å²) < 4.78 is 0. The molecule has 0 spiro atoms. The van der Waals surface area contributed by atoms with Crippen molar-refractivity contribution >= 4 is 11.8 Å².